The van der Waals surface area contributed by atoms with Gasteiger partial charge in [0, 0.05) is 28.2 Å². The van der Waals surface area contributed by atoms with Crippen molar-refractivity contribution in [3.8, 4) is 11.1 Å². The SMILES string of the molecule is Nc1nccc2occ(-c3ccc(NC(=O)Nc4cccc(Cl)c4)cc3)c12. The Labute approximate surface area is 160 Å². The number of hydrogen-bond acceptors (Lipinski definition) is 4. The van der Waals surface area contributed by atoms with Gasteiger partial charge in [0.25, 0.3) is 0 Å². The van der Waals surface area contributed by atoms with Gasteiger partial charge in [-0.15, -0.1) is 0 Å². The number of carbonyl (C=O) groups is 1. The minimum absolute atomic E-state index is 0.354. The van der Waals surface area contributed by atoms with Gasteiger partial charge < -0.3 is 20.8 Å². The van der Waals surface area contributed by atoms with Crippen molar-refractivity contribution < 1.29 is 9.21 Å². The van der Waals surface area contributed by atoms with Crippen LogP contribution in [0.3, 0.4) is 0 Å². The smallest absolute Gasteiger partial charge is 0.323 e. The number of pyridine rings is 1. The first kappa shape index (κ1) is 16.9. The Balaban J connectivity index is 1.51. The molecule has 0 aliphatic carbocycles. The molecule has 0 saturated heterocycles. The van der Waals surface area contributed by atoms with Gasteiger partial charge in [-0.1, -0.05) is 29.8 Å². The molecule has 0 fully saturated rings. The summed E-state index contributed by atoms with van der Waals surface area (Å²) < 4.78 is 5.54. The number of furan rings is 1. The highest BCUT2D eigenvalue weighted by atomic mass is 35.5. The van der Waals surface area contributed by atoms with Gasteiger partial charge in [-0.3, -0.25) is 0 Å². The van der Waals surface area contributed by atoms with Crippen LogP contribution in [0.2, 0.25) is 5.02 Å². The molecule has 0 spiro atoms. The lowest BCUT2D eigenvalue weighted by molar-refractivity contribution is 0.262. The molecule has 0 aliphatic rings. The molecule has 4 aromatic rings. The van der Waals surface area contributed by atoms with Crippen LogP contribution in [0.15, 0.2) is 71.5 Å². The van der Waals surface area contributed by atoms with Crippen LogP contribution in [0.4, 0.5) is 22.0 Å². The summed E-state index contributed by atoms with van der Waals surface area (Å²) in [6, 6.07) is 15.7. The highest BCUT2D eigenvalue weighted by Gasteiger charge is 2.12. The van der Waals surface area contributed by atoms with Crippen molar-refractivity contribution in [2.24, 2.45) is 0 Å². The number of nitrogen functional groups attached to an aromatic ring is 1. The average molecular weight is 379 g/mol. The van der Waals surface area contributed by atoms with E-state index in [1.54, 1.807) is 54.9 Å². The molecule has 4 rings (SSSR count). The lowest BCUT2D eigenvalue weighted by Crippen LogP contribution is -2.19. The molecule has 2 aromatic heterocycles. The van der Waals surface area contributed by atoms with E-state index in [1.165, 1.54) is 0 Å². The van der Waals surface area contributed by atoms with E-state index in [0.717, 1.165) is 16.5 Å². The van der Waals surface area contributed by atoms with E-state index in [-0.39, 0.29) is 6.03 Å². The molecule has 0 saturated carbocycles. The van der Waals surface area contributed by atoms with E-state index in [4.69, 9.17) is 21.8 Å². The maximum Gasteiger partial charge on any atom is 0.323 e. The number of rotatable bonds is 3. The molecule has 4 N–H and O–H groups in total. The van der Waals surface area contributed by atoms with Crippen LogP contribution in [0.25, 0.3) is 22.1 Å². The molecule has 0 aliphatic heterocycles. The summed E-state index contributed by atoms with van der Waals surface area (Å²) in [6.45, 7) is 0. The summed E-state index contributed by atoms with van der Waals surface area (Å²) >= 11 is 5.91. The quantitative estimate of drug-likeness (QED) is 0.446. The molecule has 6 nitrogen and oxygen atoms in total. The molecular weight excluding hydrogens is 364 g/mol. The second-order valence-corrected chi connectivity index (χ2v) is 6.32. The first-order valence-corrected chi connectivity index (χ1v) is 8.53. The summed E-state index contributed by atoms with van der Waals surface area (Å²) in [4.78, 5) is 16.2. The average Bonchev–Trinajstić information content (AvgIpc) is 3.08. The lowest BCUT2D eigenvalue weighted by Gasteiger charge is -2.08. The molecule has 7 heteroatoms. The van der Waals surface area contributed by atoms with E-state index in [2.05, 4.69) is 15.6 Å². The zero-order valence-corrected chi connectivity index (χ0v) is 14.8. The summed E-state index contributed by atoms with van der Waals surface area (Å²) in [6.07, 6.45) is 3.26. The van der Waals surface area contributed by atoms with Gasteiger partial charge in [-0.25, -0.2) is 9.78 Å². The fourth-order valence-corrected chi connectivity index (χ4v) is 3.01. The van der Waals surface area contributed by atoms with Crippen LogP contribution >= 0.6 is 11.6 Å². The van der Waals surface area contributed by atoms with Crippen molar-refractivity contribution in [2.45, 2.75) is 0 Å². The second-order valence-electron chi connectivity index (χ2n) is 5.89. The van der Waals surface area contributed by atoms with Gasteiger partial charge >= 0.3 is 6.03 Å². The van der Waals surface area contributed by atoms with Gasteiger partial charge in [0.15, 0.2) is 0 Å². The van der Waals surface area contributed by atoms with E-state index < -0.39 is 0 Å². The maximum absolute atomic E-state index is 12.1. The minimum Gasteiger partial charge on any atom is -0.463 e. The molecule has 0 unspecified atom stereocenters. The van der Waals surface area contributed by atoms with E-state index in [9.17, 15) is 4.79 Å². The van der Waals surface area contributed by atoms with Gasteiger partial charge in [0.1, 0.15) is 11.4 Å². The zero-order chi connectivity index (χ0) is 18.8. The Morgan fingerprint density at radius 3 is 2.59 bits per heavy atom. The molecule has 27 heavy (non-hydrogen) atoms. The molecular formula is C20H15ClN4O2. The first-order chi connectivity index (χ1) is 13.1. The zero-order valence-electron chi connectivity index (χ0n) is 14.1. The molecule has 0 bridgehead atoms. The number of fused-ring (bicyclic) bond motifs is 1. The van der Waals surface area contributed by atoms with E-state index in [1.807, 2.05) is 12.1 Å². The van der Waals surface area contributed by atoms with Crippen molar-refractivity contribution in [3.05, 3.63) is 72.1 Å². The topological polar surface area (TPSA) is 93.2 Å². The molecule has 2 heterocycles. The second kappa shape index (κ2) is 7.01. The predicted molar refractivity (Wildman–Crippen MR) is 108 cm³/mol. The number of halogens is 1. The fourth-order valence-electron chi connectivity index (χ4n) is 2.81. The predicted octanol–water partition coefficient (Wildman–Crippen LogP) is 5.37. The molecule has 134 valence electrons. The van der Waals surface area contributed by atoms with Crippen molar-refractivity contribution >= 4 is 45.8 Å². The third kappa shape index (κ3) is 3.56. The summed E-state index contributed by atoms with van der Waals surface area (Å²) in [7, 11) is 0. The van der Waals surface area contributed by atoms with Crippen molar-refractivity contribution in [1.29, 1.82) is 0 Å². The fraction of sp³-hybridized carbons (Fsp3) is 0. The summed E-state index contributed by atoms with van der Waals surface area (Å²) in [5.74, 6) is 0.416. The Morgan fingerprint density at radius 1 is 1.04 bits per heavy atom. The third-order valence-electron chi connectivity index (χ3n) is 4.05. The largest absolute Gasteiger partial charge is 0.463 e. The minimum atomic E-state index is -0.354. The number of urea groups is 1. The van der Waals surface area contributed by atoms with Crippen molar-refractivity contribution in [1.82, 2.24) is 4.98 Å². The van der Waals surface area contributed by atoms with Gasteiger partial charge in [-0.05, 0) is 42.0 Å². The molecule has 2 aromatic carbocycles. The molecule has 0 radical (unpaired) electrons. The number of nitrogens with one attached hydrogen (secondary N) is 2. The standard InChI is InChI=1S/C20H15ClN4O2/c21-13-2-1-3-15(10-13)25-20(26)24-14-6-4-12(5-7-14)16-11-27-17-8-9-23-19(22)18(16)17/h1-11H,(H2,22,23)(H2,24,25,26). The number of aromatic nitrogens is 1. The van der Waals surface area contributed by atoms with Gasteiger partial charge in [0.05, 0.1) is 11.6 Å². The number of nitrogens with two attached hydrogens (primary N) is 1. The first-order valence-electron chi connectivity index (χ1n) is 8.16. The maximum atomic E-state index is 12.1. The van der Waals surface area contributed by atoms with E-state index in [0.29, 0.717) is 27.8 Å². The van der Waals surface area contributed by atoms with Gasteiger partial charge in [0.2, 0.25) is 0 Å². The van der Waals surface area contributed by atoms with Crippen LogP contribution in [0.1, 0.15) is 0 Å². The van der Waals surface area contributed by atoms with Crippen molar-refractivity contribution in [3.63, 3.8) is 0 Å². The molecule has 2 amide bonds. The summed E-state index contributed by atoms with van der Waals surface area (Å²) in [5.41, 5.74) is 9.68. The van der Waals surface area contributed by atoms with Gasteiger partial charge in [-0.2, -0.15) is 0 Å². The highest BCUT2D eigenvalue weighted by Crippen LogP contribution is 2.33. The van der Waals surface area contributed by atoms with Crippen LogP contribution < -0.4 is 16.4 Å². The Hall–Kier alpha value is -3.51. The number of nitrogens with zero attached hydrogens (tertiary/aromatic N) is 1. The monoisotopic (exact) mass is 378 g/mol. The van der Waals surface area contributed by atoms with E-state index >= 15 is 0 Å². The Kier molecular flexibility index (Phi) is 4.40. The Bertz CT molecular complexity index is 1120. The number of hydrogen-bond donors (Lipinski definition) is 3. The lowest BCUT2D eigenvalue weighted by atomic mass is 10.1. The number of amides is 2. The number of carbonyl (C=O) groups excluding carboxylic acids is 1. The number of benzene rings is 2. The Morgan fingerprint density at radius 2 is 1.81 bits per heavy atom. The number of anilines is 3. The van der Waals surface area contributed by atoms with Crippen LogP contribution in [0, 0.1) is 0 Å². The normalized spacial score (nSPS) is 10.7. The summed E-state index contributed by atoms with van der Waals surface area (Å²) in [5, 5.41) is 6.84. The van der Waals surface area contributed by atoms with Crippen LogP contribution in [-0.2, 0) is 0 Å². The molecule has 0 atom stereocenters. The highest BCUT2D eigenvalue weighted by molar-refractivity contribution is 6.30. The third-order valence-corrected chi connectivity index (χ3v) is 4.29. The van der Waals surface area contributed by atoms with Crippen LogP contribution in [-0.4, -0.2) is 11.0 Å². The van der Waals surface area contributed by atoms with Crippen molar-refractivity contribution in [2.75, 3.05) is 16.4 Å². The van der Waals surface area contributed by atoms with Crippen LogP contribution in [0.5, 0.6) is 0 Å².